The second-order valence-corrected chi connectivity index (χ2v) is 9.78. The molecule has 2 aliphatic carbocycles. The van der Waals surface area contributed by atoms with Crippen molar-refractivity contribution in [3.05, 3.63) is 65.5 Å². The van der Waals surface area contributed by atoms with Gasteiger partial charge in [0.1, 0.15) is 12.5 Å². The van der Waals surface area contributed by atoms with E-state index in [2.05, 4.69) is 0 Å². The van der Waals surface area contributed by atoms with Gasteiger partial charge >= 0.3 is 0 Å². The Labute approximate surface area is 200 Å². The first-order valence-corrected chi connectivity index (χ1v) is 12.6. The Bertz CT molecular complexity index is 986. The van der Waals surface area contributed by atoms with E-state index < -0.39 is 17.5 Å². The Morgan fingerprint density at radius 1 is 0.824 bits per heavy atom. The highest BCUT2D eigenvalue weighted by molar-refractivity contribution is 5.66. The molecule has 0 heterocycles. The maximum atomic E-state index is 15.0. The summed E-state index contributed by atoms with van der Waals surface area (Å²) in [5, 5.41) is 0. The molecule has 2 fully saturated rings. The molecular weight excluding hydrogens is 440 g/mol. The summed E-state index contributed by atoms with van der Waals surface area (Å²) in [5.41, 5.74) is 0.910. The van der Waals surface area contributed by atoms with Crippen LogP contribution in [0.3, 0.4) is 0 Å². The van der Waals surface area contributed by atoms with E-state index in [0.29, 0.717) is 17.8 Å². The first-order chi connectivity index (χ1) is 16.5. The summed E-state index contributed by atoms with van der Waals surface area (Å²) >= 11 is 0. The molecule has 0 radical (unpaired) electrons. The number of alkyl halides is 1. The molecule has 0 atom stereocenters. The summed E-state index contributed by atoms with van der Waals surface area (Å²) < 4.78 is 61.3. The van der Waals surface area contributed by atoms with E-state index in [9.17, 15) is 17.6 Å². The van der Waals surface area contributed by atoms with Gasteiger partial charge in [0.25, 0.3) is 0 Å². The van der Waals surface area contributed by atoms with Crippen molar-refractivity contribution in [3.63, 3.8) is 0 Å². The zero-order valence-electron chi connectivity index (χ0n) is 19.8. The zero-order valence-corrected chi connectivity index (χ0v) is 19.8. The predicted molar refractivity (Wildman–Crippen MR) is 128 cm³/mol. The summed E-state index contributed by atoms with van der Waals surface area (Å²) in [6.45, 7) is 1.54. The third-order valence-electron chi connectivity index (χ3n) is 7.85. The first-order valence-electron chi connectivity index (χ1n) is 12.6. The molecule has 0 spiro atoms. The van der Waals surface area contributed by atoms with Crippen LogP contribution < -0.4 is 4.74 Å². The lowest BCUT2D eigenvalue weighted by Crippen LogP contribution is -2.25. The largest absolute Gasteiger partial charge is 0.491 e. The van der Waals surface area contributed by atoms with Crippen LogP contribution in [0.5, 0.6) is 5.75 Å². The molecule has 0 aromatic heterocycles. The maximum absolute atomic E-state index is 15.0. The molecule has 0 saturated heterocycles. The van der Waals surface area contributed by atoms with Crippen molar-refractivity contribution < 1.29 is 22.3 Å². The molecule has 0 aliphatic heterocycles. The van der Waals surface area contributed by atoms with Gasteiger partial charge in [0.15, 0.2) is 11.6 Å². The molecule has 34 heavy (non-hydrogen) atoms. The van der Waals surface area contributed by atoms with Gasteiger partial charge in [-0.25, -0.2) is 13.2 Å². The Hall–Kier alpha value is -2.30. The molecule has 2 aromatic carbocycles. The minimum atomic E-state index is -1.09. The number of benzene rings is 2. The highest BCUT2D eigenvalue weighted by Crippen LogP contribution is 2.44. The van der Waals surface area contributed by atoms with Crippen molar-refractivity contribution in [2.24, 2.45) is 17.8 Å². The fourth-order valence-corrected chi connectivity index (χ4v) is 5.99. The van der Waals surface area contributed by atoms with Crippen molar-refractivity contribution in [3.8, 4) is 16.9 Å². The average molecular weight is 475 g/mol. The summed E-state index contributed by atoms with van der Waals surface area (Å²) in [5.74, 6) is -0.588. The predicted octanol–water partition coefficient (Wildman–Crippen LogP) is 8.78. The van der Waals surface area contributed by atoms with Crippen LogP contribution in [-0.4, -0.2) is 13.3 Å². The van der Waals surface area contributed by atoms with Gasteiger partial charge in [0, 0.05) is 11.1 Å². The number of halogens is 4. The quantitative estimate of drug-likeness (QED) is 0.288. The smallest absolute Gasteiger partial charge is 0.201 e. The number of hydrogen-bond donors (Lipinski definition) is 0. The van der Waals surface area contributed by atoms with Gasteiger partial charge in [-0.1, -0.05) is 24.3 Å². The van der Waals surface area contributed by atoms with Crippen molar-refractivity contribution >= 4 is 0 Å². The molecule has 4 rings (SSSR count). The van der Waals surface area contributed by atoms with Crippen molar-refractivity contribution in [1.29, 1.82) is 0 Å². The van der Waals surface area contributed by atoms with Crippen LogP contribution in [0.2, 0.25) is 0 Å². The number of rotatable bonds is 7. The van der Waals surface area contributed by atoms with Gasteiger partial charge in [0.2, 0.25) is 5.82 Å². The standard InChI is InChI=1S/C29H34F4O/c1-2-34-27-16-15-25(28(32)29(27)33)24-14-13-23(18-26(24)31)22-11-9-21(10-12-22)20-7-5-19(6-8-20)4-3-17-30/h3-4,13-16,18-22H,2,5-12,17H2,1H3. The number of hydrogen-bond acceptors (Lipinski definition) is 1. The zero-order chi connectivity index (χ0) is 24.1. The van der Waals surface area contributed by atoms with Crippen molar-refractivity contribution in [2.45, 2.75) is 64.2 Å². The maximum Gasteiger partial charge on any atom is 0.201 e. The van der Waals surface area contributed by atoms with Gasteiger partial charge in [-0.3, -0.25) is 0 Å². The lowest BCUT2D eigenvalue weighted by atomic mass is 9.68. The summed E-state index contributed by atoms with van der Waals surface area (Å²) in [6, 6.07) is 7.64. The topological polar surface area (TPSA) is 9.23 Å². The second-order valence-electron chi connectivity index (χ2n) is 9.78. The van der Waals surface area contributed by atoms with Crippen LogP contribution in [0.15, 0.2) is 42.5 Å². The number of ether oxygens (including phenoxy) is 1. The summed E-state index contributed by atoms with van der Waals surface area (Å²) in [6.07, 6.45) is 12.7. The molecule has 0 unspecified atom stereocenters. The Balaban J connectivity index is 1.37. The van der Waals surface area contributed by atoms with E-state index in [4.69, 9.17) is 4.74 Å². The molecule has 5 heteroatoms. The fourth-order valence-electron chi connectivity index (χ4n) is 5.99. The molecule has 1 nitrogen and oxygen atoms in total. The molecule has 2 aliphatic rings. The average Bonchev–Trinajstić information content (AvgIpc) is 2.86. The molecule has 2 saturated carbocycles. The van der Waals surface area contributed by atoms with E-state index in [-0.39, 0.29) is 30.2 Å². The van der Waals surface area contributed by atoms with E-state index in [0.717, 1.165) is 50.0 Å². The minimum absolute atomic E-state index is 0.0652. The lowest BCUT2D eigenvalue weighted by molar-refractivity contribution is 0.171. The van der Waals surface area contributed by atoms with Gasteiger partial charge in [0.05, 0.1) is 6.61 Å². The van der Waals surface area contributed by atoms with Crippen LogP contribution in [0, 0.1) is 35.2 Å². The highest BCUT2D eigenvalue weighted by atomic mass is 19.2. The van der Waals surface area contributed by atoms with Gasteiger partial charge in [-0.2, -0.15) is 4.39 Å². The third kappa shape index (κ3) is 5.50. The molecule has 2 aromatic rings. The van der Waals surface area contributed by atoms with Crippen LogP contribution in [0.25, 0.3) is 11.1 Å². The SMILES string of the molecule is CCOc1ccc(-c2ccc(C3CCC(C4CCC(C=CCF)CC4)CC3)cc2F)c(F)c1F. The monoisotopic (exact) mass is 474 g/mol. The Morgan fingerprint density at radius 2 is 1.47 bits per heavy atom. The van der Waals surface area contributed by atoms with Crippen LogP contribution >= 0.6 is 0 Å². The first kappa shape index (κ1) is 24.8. The summed E-state index contributed by atoms with van der Waals surface area (Å²) in [7, 11) is 0. The third-order valence-corrected chi connectivity index (χ3v) is 7.85. The van der Waals surface area contributed by atoms with Gasteiger partial charge < -0.3 is 4.74 Å². The van der Waals surface area contributed by atoms with E-state index >= 15 is 0 Å². The van der Waals surface area contributed by atoms with Gasteiger partial charge in [-0.05, 0) is 106 Å². The van der Waals surface area contributed by atoms with Crippen molar-refractivity contribution in [2.75, 3.05) is 13.3 Å². The summed E-state index contributed by atoms with van der Waals surface area (Å²) in [4.78, 5) is 0. The molecule has 0 amide bonds. The lowest BCUT2D eigenvalue weighted by Gasteiger charge is -2.37. The fraction of sp³-hybridized carbons (Fsp3) is 0.517. The van der Waals surface area contributed by atoms with E-state index in [1.165, 1.54) is 31.0 Å². The second kappa shape index (κ2) is 11.4. The van der Waals surface area contributed by atoms with Crippen LogP contribution in [-0.2, 0) is 0 Å². The van der Waals surface area contributed by atoms with Crippen LogP contribution in [0.1, 0.15) is 69.8 Å². The highest BCUT2D eigenvalue weighted by Gasteiger charge is 2.31. The van der Waals surface area contributed by atoms with E-state index in [1.54, 1.807) is 19.1 Å². The van der Waals surface area contributed by atoms with E-state index in [1.807, 2.05) is 12.1 Å². The number of allylic oxidation sites excluding steroid dienone is 2. The molecule has 184 valence electrons. The van der Waals surface area contributed by atoms with Crippen LogP contribution in [0.4, 0.5) is 17.6 Å². The van der Waals surface area contributed by atoms with Gasteiger partial charge in [-0.15, -0.1) is 0 Å². The molecule has 0 N–H and O–H groups in total. The normalized spacial score (nSPS) is 25.6. The minimum Gasteiger partial charge on any atom is -0.491 e. The molecular formula is C29H34F4O. The Morgan fingerprint density at radius 3 is 2.09 bits per heavy atom. The Kier molecular flexibility index (Phi) is 8.33. The molecule has 0 bridgehead atoms. The van der Waals surface area contributed by atoms with Crippen molar-refractivity contribution in [1.82, 2.24) is 0 Å².